The molecule has 0 saturated heterocycles. The first-order valence-electron chi connectivity index (χ1n) is 2.99. The van der Waals surface area contributed by atoms with E-state index in [-0.39, 0.29) is 0 Å². The predicted octanol–water partition coefficient (Wildman–Crippen LogP) is 0.804. The van der Waals surface area contributed by atoms with Crippen LogP contribution in [0.5, 0.6) is 0 Å². The van der Waals surface area contributed by atoms with Gasteiger partial charge in [-0.25, -0.2) is 4.98 Å². The summed E-state index contributed by atoms with van der Waals surface area (Å²) in [6.07, 6.45) is 1.53. The van der Waals surface area contributed by atoms with E-state index in [0.29, 0.717) is 12.4 Å². The molecule has 56 valence electrons. The normalized spacial score (nSPS) is 10.8. The fourth-order valence-electron chi connectivity index (χ4n) is 0.715. The number of aromatic nitrogens is 1. The Kier molecular flexibility index (Phi) is 2.03. The number of nitrogens with zero attached hydrogens (tertiary/aromatic N) is 2. The Hall–Kier alpha value is -0.870. The number of hydroxylamine groups is 2. The monoisotopic (exact) mass is 142 g/mol. The van der Waals surface area contributed by atoms with Crippen LogP contribution in [-0.4, -0.2) is 22.3 Å². The Morgan fingerprint density at radius 3 is 2.90 bits per heavy atom. The third-order valence-corrected chi connectivity index (χ3v) is 1.06. The molecule has 0 atom stereocenters. The zero-order valence-electron chi connectivity index (χ0n) is 6.03. The van der Waals surface area contributed by atoms with Crippen molar-refractivity contribution in [2.45, 2.75) is 13.5 Å². The molecular weight excluding hydrogens is 132 g/mol. The minimum absolute atomic E-state index is 0.400. The highest BCUT2D eigenvalue weighted by atomic mass is 16.5. The molecule has 0 aromatic carbocycles. The van der Waals surface area contributed by atoms with Crippen LogP contribution in [0.4, 0.5) is 0 Å². The molecule has 0 bridgehead atoms. The smallest absolute Gasteiger partial charge is 0.191 e. The fraction of sp³-hybridized carbons (Fsp3) is 0.500. The van der Waals surface area contributed by atoms with E-state index in [1.165, 1.54) is 6.26 Å². The molecular formula is C6H10N2O2. The van der Waals surface area contributed by atoms with Gasteiger partial charge in [-0.2, -0.15) is 5.06 Å². The minimum Gasteiger partial charge on any atom is -0.449 e. The van der Waals surface area contributed by atoms with E-state index in [0.717, 1.165) is 10.8 Å². The SMILES string of the molecule is Cc1nc(CN(C)O)co1. The lowest BCUT2D eigenvalue weighted by molar-refractivity contribution is -0.0740. The van der Waals surface area contributed by atoms with E-state index in [1.54, 1.807) is 14.0 Å². The standard InChI is InChI=1S/C6H10N2O2/c1-5-7-6(4-10-5)3-8(2)9/h4,9H,3H2,1-2H3. The molecule has 0 aliphatic carbocycles. The van der Waals surface area contributed by atoms with E-state index < -0.39 is 0 Å². The maximum Gasteiger partial charge on any atom is 0.191 e. The first-order valence-corrected chi connectivity index (χ1v) is 2.99. The first-order chi connectivity index (χ1) is 4.68. The molecule has 1 rings (SSSR count). The summed E-state index contributed by atoms with van der Waals surface area (Å²) in [7, 11) is 1.56. The van der Waals surface area contributed by atoms with Crippen molar-refractivity contribution in [2.24, 2.45) is 0 Å². The molecule has 0 fully saturated rings. The van der Waals surface area contributed by atoms with Gasteiger partial charge in [-0.3, -0.25) is 0 Å². The van der Waals surface area contributed by atoms with Crippen molar-refractivity contribution in [1.29, 1.82) is 0 Å². The lowest BCUT2D eigenvalue weighted by Gasteiger charge is -2.02. The van der Waals surface area contributed by atoms with Crippen molar-refractivity contribution in [3.63, 3.8) is 0 Å². The lowest BCUT2D eigenvalue weighted by Crippen LogP contribution is -2.11. The molecule has 0 aliphatic rings. The van der Waals surface area contributed by atoms with Gasteiger partial charge in [-0.15, -0.1) is 0 Å². The van der Waals surface area contributed by atoms with Crippen LogP contribution in [0.15, 0.2) is 10.7 Å². The van der Waals surface area contributed by atoms with Gasteiger partial charge in [0.1, 0.15) is 6.26 Å². The molecule has 1 aromatic rings. The van der Waals surface area contributed by atoms with Crippen LogP contribution in [-0.2, 0) is 6.54 Å². The Morgan fingerprint density at radius 1 is 1.80 bits per heavy atom. The molecule has 0 spiro atoms. The van der Waals surface area contributed by atoms with Crippen LogP contribution in [0.1, 0.15) is 11.6 Å². The fourth-order valence-corrected chi connectivity index (χ4v) is 0.715. The van der Waals surface area contributed by atoms with Gasteiger partial charge in [0.25, 0.3) is 0 Å². The summed E-state index contributed by atoms with van der Waals surface area (Å²) < 4.78 is 4.92. The maximum absolute atomic E-state index is 8.77. The van der Waals surface area contributed by atoms with E-state index in [2.05, 4.69) is 4.98 Å². The minimum atomic E-state index is 0.400. The second-order valence-corrected chi connectivity index (χ2v) is 2.17. The van der Waals surface area contributed by atoms with Gasteiger partial charge in [0, 0.05) is 14.0 Å². The molecule has 0 saturated carbocycles. The molecule has 0 unspecified atom stereocenters. The highest BCUT2D eigenvalue weighted by Crippen LogP contribution is 2.01. The van der Waals surface area contributed by atoms with Crippen molar-refractivity contribution in [3.8, 4) is 0 Å². The molecule has 0 aliphatic heterocycles. The third-order valence-electron chi connectivity index (χ3n) is 1.06. The van der Waals surface area contributed by atoms with Crippen molar-refractivity contribution in [3.05, 3.63) is 17.8 Å². The number of hydrogen-bond donors (Lipinski definition) is 1. The van der Waals surface area contributed by atoms with Crippen LogP contribution in [0.3, 0.4) is 0 Å². The average molecular weight is 142 g/mol. The van der Waals surface area contributed by atoms with Gasteiger partial charge in [-0.05, 0) is 0 Å². The summed E-state index contributed by atoms with van der Waals surface area (Å²) in [5.74, 6) is 0.622. The van der Waals surface area contributed by atoms with Gasteiger partial charge in [-0.1, -0.05) is 0 Å². The van der Waals surface area contributed by atoms with Crippen LogP contribution >= 0.6 is 0 Å². The largest absolute Gasteiger partial charge is 0.449 e. The Bertz CT molecular complexity index is 207. The lowest BCUT2D eigenvalue weighted by atomic mass is 10.5. The van der Waals surface area contributed by atoms with Crippen molar-refractivity contribution < 1.29 is 9.62 Å². The van der Waals surface area contributed by atoms with Crippen LogP contribution in [0, 0.1) is 6.92 Å². The van der Waals surface area contributed by atoms with Gasteiger partial charge < -0.3 is 9.62 Å². The van der Waals surface area contributed by atoms with Gasteiger partial charge in [0.2, 0.25) is 0 Å². The first kappa shape index (κ1) is 7.24. The van der Waals surface area contributed by atoms with E-state index in [4.69, 9.17) is 9.62 Å². The van der Waals surface area contributed by atoms with Crippen molar-refractivity contribution >= 4 is 0 Å². The molecule has 10 heavy (non-hydrogen) atoms. The van der Waals surface area contributed by atoms with E-state index in [9.17, 15) is 0 Å². The number of hydrogen-bond acceptors (Lipinski definition) is 4. The summed E-state index contributed by atoms with van der Waals surface area (Å²) in [4.78, 5) is 3.98. The molecule has 0 amide bonds. The Morgan fingerprint density at radius 2 is 2.50 bits per heavy atom. The summed E-state index contributed by atoms with van der Waals surface area (Å²) in [6, 6.07) is 0. The summed E-state index contributed by atoms with van der Waals surface area (Å²) in [5.41, 5.74) is 0.738. The zero-order chi connectivity index (χ0) is 7.56. The zero-order valence-corrected chi connectivity index (χ0v) is 6.03. The second-order valence-electron chi connectivity index (χ2n) is 2.17. The predicted molar refractivity (Wildman–Crippen MR) is 34.5 cm³/mol. The number of rotatable bonds is 2. The molecule has 4 heteroatoms. The van der Waals surface area contributed by atoms with Crippen LogP contribution in [0.2, 0.25) is 0 Å². The average Bonchev–Trinajstić information content (AvgIpc) is 2.13. The molecule has 1 aromatic heterocycles. The Labute approximate surface area is 59.0 Å². The maximum atomic E-state index is 8.77. The van der Waals surface area contributed by atoms with Crippen molar-refractivity contribution in [2.75, 3.05) is 7.05 Å². The highest BCUT2D eigenvalue weighted by molar-refractivity contribution is 4.93. The number of aryl methyl sites for hydroxylation is 1. The summed E-state index contributed by atoms with van der Waals surface area (Å²) in [5, 5.41) is 9.82. The third kappa shape index (κ3) is 1.82. The number of oxazole rings is 1. The van der Waals surface area contributed by atoms with Gasteiger partial charge >= 0.3 is 0 Å². The van der Waals surface area contributed by atoms with Gasteiger partial charge in [0.05, 0.1) is 12.2 Å². The Balaban J connectivity index is 2.58. The van der Waals surface area contributed by atoms with E-state index >= 15 is 0 Å². The van der Waals surface area contributed by atoms with Crippen LogP contribution in [0.25, 0.3) is 0 Å². The van der Waals surface area contributed by atoms with Gasteiger partial charge in [0.15, 0.2) is 5.89 Å². The molecule has 0 radical (unpaired) electrons. The topological polar surface area (TPSA) is 49.5 Å². The summed E-state index contributed by atoms with van der Waals surface area (Å²) >= 11 is 0. The highest BCUT2D eigenvalue weighted by Gasteiger charge is 2.00. The second kappa shape index (κ2) is 2.81. The summed E-state index contributed by atoms with van der Waals surface area (Å²) in [6.45, 7) is 2.16. The quantitative estimate of drug-likeness (QED) is 0.620. The molecule has 1 N–H and O–H groups in total. The van der Waals surface area contributed by atoms with E-state index in [1.807, 2.05) is 0 Å². The van der Waals surface area contributed by atoms with Crippen molar-refractivity contribution in [1.82, 2.24) is 10.0 Å². The molecule has 4 nitrogen and oxygen atoms in total. The molecule has 1 heterocycles. The van der Waals surface area contributed by atoms with Crippen LogP contribution < -0.4 is 0 Å².